The van der Waals surface area contributed by atoms with Gasteiger partial charge in [-0.2, -0.15) is 4.79 Å². The number of carbonyl (C=O) groups excluding carboxylic acids is 2. The van der Waals surface area contributed by atoms with Crippen LogP contribution in [0.4, 0.5) is 0 Å². The van der Waals surface area contributed by atoms with Gasteiger partial charge in [-0.1, -0.05) is 51.1 Å². The van der Waals surface area contributed by atoms with Gasteiger partial charge in [-0.3, -0.25) is 4.79 Å². The van der Waals surface area contributed by atoms with Crippen molar-refractivity contribution < 1.29 is 23.5 Å². The number of carbonyl (C=O) groups is 2. The van der Waals surface area contributed by atoms with E-state index >= 15 is 0 Å². The maximum absolute atomic E-state index is 13.0. The van der Waals surface area contributed by atoms with Crippen LogP contribution in [0.25, 0.3) is 5.53 Å². The van der Waals surface area contributed by atoms with E-state index in [-0.39, 0.29) is 29.1 Å². The van der Waals surface area contributed by atoms with Gasteiger partial charge in [0.05, 0.1) is 13.2 Å². The predicted molar refractivity (Wildman–Crippen MR) is 114 cm³/mol. The largest absolute Gasteiger partial charge is 0.460 e. The summed E-state index contributed by atoms with van der Waals surface area (Å²) in [6, 6.07) is 9.58. The lowest BCUT2D eigenvalue weighted by atomic mass is 9.95. The minimum atomic E-state index is -2.52. The fourth-order valence-corrected chi connectivity index (χ4v) is 5.38. The molecule has 0 N–H and O–H groups in total. The number of methoxy groups -OCH3 is 1. The average Bonchev–Trinajstić information content (AvgIpc) is 3.21. The lowest BCUT2D eigenvalue weighted by Crippen LogP contribution is -2.63. The SMILES string of the molecule is COC(=O)C(=[N+]=[N-])[C@]1(O[Si](C)(C)C(C)(C)C)C[C@@H](c2ccccc2)N2CCC(=O)N21. The molecular weight excluding hydrogens is 400 g/mol. The normalized spacial score (nSPS) is 24.5. The number of esters is 1. The van der Waals surface area contributed by atoms with E-state index in [4.69, 9.17) is 9.16 Å². The number of benzene rings is 1. The summed E-state index contributed by atoms with van der Waals surface area (Å²) < 4.78 is 11.7. The molecule has 0 aliphatic carbocycles. The third kappa shape index (κ3) is 3.52. The maximum atomic E-state index is 13.0. The van der Waals surface area contributed by atoms with Crippen molar-refractivity contribution in [2.45, 2.75) is 63.5 Å². The first kappa shape index (κ1) is 22.4. The van der Waals surface area contributed by atoms with Crippen molar-refractivity contribution in [3.8, 4) is 0 Å². The van der Waals surface area contributed by atoms with Crippen molar-refractivity contribution in [2.75, 3.05) is 13.7 Å². The Morgan fingerprint density at radius 2 is 1.90 bits per heavy atom. The fraction of sp³-hybridized carbons (Fsp3) is 0.571. The number of amides is 1. The molecule has 0 spiro atoms. The predicted octanol–water partition coefficient (Wildman–Crippen LogP) is 3.14. The van der Waals surface area contributed by atoms with Gasteiger partial charge in [0.2, 0.25) is 5.91 Å². The van der Waals surface area contributed by atoms with Gasteiger partial charge in [0.1, 0.15) is 0 Å². The first-order valence-electron chi connectivity index (χ1n) is 10.1. The Balaban J connectivity index is 2.21. The van der Waals surface area contributed by atoms with E-state index < -0.39 is 20.0 Å². The van der Waals surface area contributed by atoms with E-state index in [2.05, 4.69) is 25.6 Å². The van der Waals surface area contributed by atoms with Crippen LogP contribution in [0.5, 0.6) is 0 Å². The number of hydrogen-bond donors (Lipinski definition) is 0. The number of rotatable bonds is 5. The van der Waals surface area contributed by atoms with Crippen LogP contribution in [0.2, 0.25) is 18.1 Å². The van der Waals surface area contributed by atoms with Gasteiger partial charge in [0.25, 0.3) is 5.72 Å². The standard InChI is InChI=1S/C21H30N4O4Si/c1-20(2,3)30(5,6)29-21(18(23-22)19(27)28-4)14-16(15-10-8-7-9-11-15)24-13-12-17(26)25(21)24/h7-11,16H,12-14H2,1-6H3/t16-,21+/m0/s1. The van der Waals surface area contributed by atoms with Gasteiger partial charge in [-0.25, -0.2) is 14.8 Å². The lowest BCUT2D eigenvalue weighted by molar-refractivity contribution is -0.166. The molecule has 2 saturated heterocycles. The minimum absolute atomic E-state index is 0.169. The van der Waals surface area contributed by atoms with Crippen molar-refractivity contribution in [1.29, 1.82) is 0 Å². The van der Waals surface area contributed by atoms with Gasteiger partial charge < -0.3 is 14.7 Å². The molecule has 2 fully saturated rings. The number of hydrogen-bond acceptors (Lipinski definition) is 5. The molecule has 2 atom stereocenters. The van der Waals surface area contributed by atoms with Crippen molar-refractivity contribution in [2.24, 2.45) is 0 Å². The van der Waals surface area contributed by atoms with E-state index in [1.165, 1.54) is 12.1 Å². The summed E-state index contributed by atoms with van der Waals surface area (Å²) in [6.45, 7) is 10.8. The van der Waals surface area contributed by atoms with E-state index in [1.807, 2.05) is 48.4 Å². The Hall–Kier alpha value is -2.32. The zero-order valence-corrected chi connectivity index (χ0v) is 19.5. The molecule has 2 aliphatic rings. The maximum Gasteiger partial charge on any atom is 0.428 e. The van der Waals surface area contributed by atoms with Gasteiger partial charge >= 0.3 is 11.7 Å². The smallest absolute Gasteiger partial charge is 0.428 e. The van der Waals surface area contributed by atoms with Crippen LogP contribution in [0.15, 0.2) is 30.3 Å². The molecule has 30 heavy (non-hydrogen) atoms. The Labute approximate surface area is 178 Å². The monoisotopic (exact) mass is 430 g/mol. The Kier molecular flexibility index (Phi) is 5.77. The number of fused-ring (bicyclic) bond motifs is 1. The molecule has 162 valence electrons. The first-order chi connectivity index (χ1) is 14.0. The summed E-state index contributed by atoms with van der Waals surface area (Å²) in [7, 11) is -1.30. The highest BCUT2D eigenvalue weighted by Gasteiger charge is 2.67. The second-order valence-electron chi connectivity index (χ2n) is 9.34. The number of hydrazine groups is 1. The van der Waals surface area contributed by atoms with Crippen molar-refractivity contribution >= 4 is 25.9 Å². The third-order valence-corrected chi connectivity index (χ3v) is 10.9. The molecule has 0 radical (unpaired) electrons. The molecule has 1 amide bonds. The van der Waals surface area contributed by atoms with Gasteiger partial charge in [0.15, 0.2) is 8.32 Å². The highest BCUT2D eigenvalue weighted by atomic mass is 28.4. The Bertz CT molecular complexity index is 892. The molecule has 0 unspecified atom stereocenters. The summed E-state index contributed by atoms with van der Waals surface area (Å²) in [5.74, 6) is -0.984. The third-order valence-electron chi connectivity index (χ3n) is 6.48. The van der Waals surface area contributed by atoms with Crippen LogP contribution < -0.4 is 0 Å². The molecule has 0 bridgehead atoms. The molecular formula is C21H30N4O4Si. The van der Waals surface area contributed by atoms with Crippen LogP contribution in [-0.4, -0.2) is 60.1 Å². The summed E-state index contributed by atoms with van der Waals surface area (Å²) >= 11 is 0. The fourth-order valence-electron chi connectivity index (χ4n) is 3.96. The highest BCUT2D eigenvalue weighted by Crippen LogP contribution is 2.50. The molecule has 1 aromatic carbocycles. The second-order valence-corrected chi connectivity index (χ2v) is 14.1. The van der Waals surface area contributed by atoms with E-state index in [9.17, 15) is 15.1 Å². The minimum Gasteiger partial charge on any atom is -0.460 e. The molecule has 1 aromatic rings. The van der Waals surface area contributed by atoms with Gasteiger partial charge in [-0.15, -0.1) is 0 Å². The van der Waals surface area contributed by atoms with Crippen LogP contribution in [-0.2, 0) is 18.8 Å². The Morgan fingerprint density at radius 1 is 1.27 bits per heavy atom. The van der Waals surface area contributed by atoms with Crippen LogP contribution in [0.3, 0.4) is 0 Å². The second kappa shape index (κ2) is 7.74. The Morgan fingerprint density at radius 3 is 2.43 bits per heavy atom. The summed E-state index contributed by atoms with van der Waals surface area (Å²) in [5.41, 5.74) is 9.06. The van der Waals surface area contributed by atoms with Crippen molar-refractivity contribution in [1.82, 2.24) is 10.0 Å². The lowest BCUT2D eigenvalue weighted by Gasteiger charge is -2.44. The van der Waals surface area contributed by atoms with Crippen LogP contribution >= 0.6 is 0 Å². The molecule has 2 heterocycles. The van der Waals surface area contributed by atoms with Gasteiger partial charge in [0, 0.05) is 19.4 Å². The van der Waals surface area contributed by atoms with Crippen LogP contribution in [0.1, 0.15) is 45.2 Å². The highest BCUT2D eigenvalue weighted by molar-refractivity contribution is 6.74. The molecule has 8 nitrogen and oxygen atoms in total. The number of ether oxygens (including phenoxy) is 1. The van der Waals surface area contributed by atoms with Crippen molar-refractivity contribution in [3.63, 3.8) is 0 Å². The average molecular weight is 431 g/mol. The van der Waals surface area contributed by atoms with Crippen LogP contribution in [0, 0.1) is 0 Å². The molecule has 9 heteroatoms. The summed E-state index contributed by atoms with van der Waals surface area (Å²) in [4.78, 5) is 29.0. The molecule has 0 aromatic heterocycles. The zero-order chi connectivity index (χ0) is 22.3. The van der Waals surface area contributed by atoms with Gasteiger partial charge in [-0.05, 0) is 23.7 Å². The summed E-state index contributed by atoms with van der Waals surface area (Å²) in [5, 5.41) is 3.23. The first-order valence-corrected chi connectivity index (χ1v) is 13.0. The van der Waals surface area contributed by atoms with E-state index in [1.54, 1.807) is 0 Å². The quantitative estimate of drug-likeness (QED) is 0.235. The van der Waals surface area contributed by atoms with E-state index in [0.29, 0.717) is 13.0 Å². The molecule has 0 saturated carbocycles. The summed E-state index contributed by atoms with van der Waals surface area (Å²) in [6.07, 6.45) is 0.565. The molecule has 2 aliphatic heterocycles. The topological polar surface area (TPSA) is 95.5 Å². The van der Waals surface area contributed by atoms with E-state index in [0.717, 1.165) is 5.56 Å². The molecule has 3 rings (SSSR count). The number of nitrogens with zero attached hydrogens (tertiary/aromatic N) is 4. The van der Waals surface area contributed by atoms with Crippen molar-refractivity contribution in [3.05, 3.63) is 41.4 Å². The zero-order valence-electron chi connectivity index (χ0n) is 18.5.